The topological polar surface area (TPSA) is 89.1 Å². The molecular weight excluding hydrogens is 285 g/mol. The zero-order valence-electron chi connectivity index (χ0n) is 8.35. The number of nitrogens with zero attached hydrogens (tertiary/aromatic N) is 2. The zero-order valence-corrected chi connectivity index (χ0v) is 10.7. The van der Waals surface area contributed by atoms with E-state index in [-0.39, 0.29) is 21.8 Å². The summed E-state index contributed by atoms with van der Waals surface area (Å²) in [5.41, 5.74) is 5.28. The monoisotopic (exact) mass is 291 g/mol. The Morgan fingerprint density at radius 3 is 2.76 bits per heavy atom. The number of rotatable bonds is 2. The lowest BCUT2D eigenvalue weighted by Crippen LogP contribution is -2.10. The SMILES string of the molecule is Nc1nc(C2CC=C(Cl)S2)nc(C(=O)O)c1Cl. The molecule has 0 bridgehead atoms. The number of nitrogens with two attached hydrogens (primary N) is 1. The van der Waals surface area contributed by atoms with Gasteiger partial charge in [-0.2, -0.15) is 0 Å². The average molecular weight is 292 g/mol. The molecule has 3 N–H and O–H groups in total. The molecule has 2 heterocycles. The van der Waals surface area contributed by atoms with Crippen LogP contribution in [0.5, 0.6) is 0 Å². The number of aromatic carboxylic acids is 1. The maximum atomic E-state index is 10.9. The number of hydrogen-bond acceptors (Lipinski definition) is 5. The summed E-state index contributed by atoms with van der Waals surface area (Å²) in [4.78, 5) is 18.8. The third-order valence-electron chi connectivity index (χ3n) is 2.13. The standard InChI is InChI=1S/C9H7Cl2N3O2S/c10-4-2-1-3(17-4)8-13-6(9(15)16)5(11)7(12)14-8/h2-3H,1H2,(H,15,16)(H2,12,13,14). The molecule has 0 aliphatic carbocycles. The molecule has 0 saturated carbocycles. The number of hydrogen-bond donors (Lipinski definition) is 2. The van der Waals surface area contributed by atoms with Crippen molar-refractivity contribution in [3.8, 4) is 0 Å². The average Bonchev–Trinajstić information content (AvgIpc) is 2.68. The number of anilines is 1. The largest absolute Gasteiger partial charge is 0.476 e. The van der Waals surface area contributed by atoms with Crippen LogP contribution >= 0.6 is 35.0 Å². The summed E-state index contributed by atoms with van der Waals surface area (Å²) in [6, 6.07) is 0. The second kappa shape index (κ2) is 4.72. The van der Waals surface area contributed by atoms with Crippen molar-refractivity contribution in [2.45, 2.75) is 11.7 Å². The molecule has 2 rings (SSSR count). The highest BCUT2D eigenvalue weighted by atomic mass is 35.5. The van der Waals surface area contributed by atoms with Crippen molar-refractivity contribution in [1.82, 2.24) is 9.97 Å². The number of allylic oxidation sites excluding steroid dienone is 1. The van der Waals surface area contributed by atoms with Crippen LogP contribution in [0.4, 0.5) is 5.82 Å². The van der Waals surface area contributed by atoms with Crippen LogP contribution in [-0.2, 0) is 0 Å². The van der Waals surface area contributed by atoms with E-state index in [9.17, 15) is 4.79 Å². The van der Waals surface area contributed by atoms with Gasteiger partial charge in [0.05, 0.1) is 9.61 Å². The van der Waals surface area contributed by atoms with E-state index < -0.39 is 5.97 Å². The summed E-state index contributed by atoms with van der Waals surface area (Å²) >= 11 is 12.9. The highest BCUT2D eigenvalue weighted by Crippen LogP contribution is 2.44. The maximum Gasteiger partial charge on any atom is 0.356 e. The predicted molar refractivity (Wildman–Crippen MR) is 67.3 cm³/mol. The van der Waals surface area contributed by atoms with Gasteiger partial charge in [0.25, 0.3) is 0 Å². The van der Waals surface area contributed by atoms with Gasteiger partial charge < -0.3 is 10.8 Å². The summed E-state index contributed by atoms with van der Waals surface area (Å²) in [5, 5.41) is 8.69. The third kappa shape index (κ3) is 2.48. The van der Waals surface area contributed by atoms with Crippen LogP contribution in [0.15, 0.2) is 10.4 Å². The first-order valence-corrected chi connectivity index (χ1v) is 6.21. The van der Waals surface area contributed by atoms with Crippen LogP contribution in [0.25, 0.3) is 0 Å². The van der Waals surface area contributed by atoms with Crippen molar-refractivity contribution < 1.29 is 9.90 Å². The fraction of sp³-hybridized carbons (Fsp3) is 0.222. The minimum atomic E-state index is -1.23. The van der Waals surface area contributed by atoms with Gasteiger partial charge in [0, 0.05) is 0 Å². The van der Waals surface area contributed by atoms with Crippen LogP contribution in [0.3, 0.4) is 0 Å². The zero-order chi connectivity index (χ0) is 12.6. The van der Waals surface area contributed by atoms with E-state index in [0.29, 0.717) is 16.6 Å². The van der Waals surface area contributed by atoms with Crippen molar-refractivity contribution in [3.63, 3.8) is 0 Å². The molecule has 1 aliphatic rings. The van der Waals surface area contributed by atoms with Crippen molar-refractivity contribution in [3.05, 3.63) is 27.0 Å². The molecule has 0 radical (unpaired) electrons. The van der Waals surface area contributed by atoms with E-state index in [0.717, 1.165) is 0 Å². The Morgan fingerprint density at radius 1 is 1.53 bits per heavy atom. The maximum absolute atomic E-state index is 10.9. The Kier molecular flexibility index (Phi) is 3.46. The molecule has 5 nitrogen and oxygen atoms in total. The summed E-state index contributed by atoms with van der Waals surface area (Å²) in [6.45, 7) is 0. The lowest BCUT2D eigenvalue weighted by atomic mass is 10.2. The lowest BCUT2D eigenvalue weighted by molar-refractivity contribution is 0.0690. The minimum absolute atomic E-state index is 0.0299. The van der Waals surface area contributed by atoms with Crippen molar-refractivity contribution in [2.24, 2.45) is 0 Å². The number of halogens is 2. The molecule has 17 heavy (non-hydrogen) atoms. The first kappa shape index (κ1) is 12.5. The van der Waals surface area contributed by atoms with Crippen molar-refractivity contribution in [1.29, 1.82) is 0 Å². The molecule has 90 valence electrons. The molecule has 0 saturated heterocycles. The van der Waals surface area contributed by atoms with Crippen LogP contribution in [0.2, 0.25) is 5.02 Å². The molecular formula is C9H7Cl2N3O2S. The van der Waals surface area contributed by atoms with E-state index in [1.807, 2.05) is 6.08 Å². The van der Waals surface area contributed by atoms with Gasteiger partial charge in [0.2, 0.25) is 0 Å². The highest BCUT2D eigenvalue weighted by Gasteiger charge is 2.25. The molecule has 0 amide bonds. The van der Waals surface area contributed by atoms with E-state index in [1.54, 1.807) is 0 Å². The summed E-state index contributed by atoms with van der Waals surface area (Å²) in [5.74, 6) is -0.925. The predicted octanol–water partition coefficient (Wildman–Crippen LogP) is 2.67. The van der Waals surface area contributed by atoms with Crippen molar-refractivity contribution >= 4 is 46.8 Å². The van der Waals surface area contributed by atoms with Gasteiger partial charge >= 0.3 is 5.97 Å². The summed E-state index contributed by atoms with van der Waals surface area (Å²) in [7, 11) is 0. The Labute approximate surface area is 111 Å². The highest BCUT2D eigenvalue weighted by molar-refractivity contribution is 8.05. The van der Waals surface area contributed by atoms with E-state index in [1.165, 1.54) is 11.8 Å². The fourth-order valence-corrected chi connectivity index (χ4v) is 2.80. The summed E-state index contributed by atoms with van der Waals surface area (Å²) < 4.78 is 0.643. The van der Waals surface area contributed by atoms with Crippen LogP contribution in [0.1, 0.15) is 28.0 Å². The minimum Gasteiger partial charge on any atom is -0.476 e. The molecule has 0 aromatic carbocycles. The number of thioether (sulfide) groups is 1. The molecule has 1 unspecified atom stereocenters. The summed E-state index contributed by atoms with van der Waals surface area (Å²) in [6.07, 6.45) is 2.47. The molecule has 1 aliphatic heterocycles. The Morgan fingerprint density at radius 2 is 2.24 bits per heavy atom. The first-order chi connectivity index (χ1) is 7.99. The van der Waals surface area contributed by atoms with Gasteiger partial charge in [0.1, 0.15) is 16.7 Å². The van der Waals surface area contributed by atoms with Gasteiger partial charge in [-0.15, -0.1) is 11.8 Å². The normalized spacial score (nSPS) is 19.2. The number of nitrogen functional groups attached to an aromatic ring is 1. The third-order valence-corrected chi connectivity index (χ3v) is 4.01. The number of aromatic nitrogens is 2. The Hall–Kier alpha value is -0.980. The number of carboxylic acid groups (broad SMARTS) is 1. The second-order valence-corrected chi connectivity index (χ2v) is 5.54. The first-order valence-electron chi connectivity index (χ1n) is 4.57. The molecule has 0 spiro atoms. The Bertz CT molecular complexity index is 521. The van der Waals surface area contributed by atoms with Gasteiger partial charge in [-0.1, -0.05) is 29.3 Å². The van der Waals surface area contributed by atoms with Crippen LogP contribution in [0, 0.1) is 0 Å². The second-order valence-electron chi connectivity index (χ2n) is 3.29. The quantitative estimate of drug-likeness (QED) is 0.871. The van der Waals surface area contributed by atoms with Gasteiger partial charge in [-0.25, -0.2) is 14.8 Å². The van der Waals surface area contributed by atoms with E-state index in [4.69, 9.17) is 34.0 Å². The Balaban J connectivity index is 2.40. The molecule has 1 aromatic heterocycles. The molecule has 0 fully saturated rings. The lowest BCUT2D eigenvalue weighted by Gasteiger charge is -2.10. The number of carboxylic acids is 1. The van der Waals surface area contributed by atoms with E-state index >= 15 is 0 Å². The van der Waals surface area contributed by atoms with Crippen molar-refractivity contribution in [2.75, 3.05) is 5.73 Å². The van der Waals surface area contributed by atoms with Gasteiger partial charge in [0.15, 0.2) is 5.69 Å². The van der Waals surface area contributed by atoms with Gasteiger partial charge in [-0.3, -0.25) is 0 Å². The molecule has 1 aromatic rings. The number of carbonyl (C=O) groups is 1. The molecule has 8 heteroatoms. The van der Waals surface area contributed by atoms with Crippen LogP contribution in [-0.4, -0.2) is 21.0 Å². The smallest absolute Gasteiger partial charge is 0.356 e. The molecule has 1 atom stereocenters. The van der Waals surface area contributed by atoms with Gasteiger partial charge in [-0.05, 0) is 6.42 Å². The van der Waals surface area contributed by atoms with E-state index in [2.05, 4.69) is 9.97 Å². The fourth-order valence-electron chi connectivity index (χ4n) is 1.36. The van der Waals surface area contributed by atoms with Crippen LogP contribution < -0.4 is 5.73 Å².